The molecular weight excluding hydrogens is 206 g/mol. The summed E-state index contributed by atoms with van der Waals surface area (Å²) in [6, 6.07) is 6.85. The van der Waals surface area contributed by atoms with Crippen LogP contribution < -0.4 is 11.3 Å². The molecule has 0 bridgehead atoms. The predicted molar refractivity (Wildman–Crippen MR) is 61.1 cm³/mol. The van der Waals surface area contributed by atoms with Gasteiger partial charge in [-0.3, -0.25) is 4.79 Å². The Morgan fingerprint density at radius 1 is 1.31 bits per heavy atom. The molecule has 16 heavy (non-hydrogen) atoms. The molecule has 1 heterocycles. The summed E-state index contributed by atoms with van der Waals surface area (Å²) in [4.78, 5) is 17.9. The lowest BCUT2D eigenvalue weighted by Crippen LogP contribution is -2.12. The first-order valence-corrected chi connectivity index (χ1v) is 4.73. The minimum Gasteiger partial charge on any atom is -0.493 e. The first-order chi connectivity index (χ1) is 7.58. The second kappa shape index (κ2) is 3.69. The molecule has 82 valence electrons. The Labute approximate surface area is 91.6 Å². The molecule has 1 aromatic carbocycles. The summed E-state index contributed by atoms with van der Waals surface area (Å²) in [5.41, 5.74) is 6.73. The van der Waals surface area contributed by atoms with E-state index in [2.05, 4.69) is 9.97 Å². The molecule has 0 saturated heterocycles. The van der Waals surface area contributed by atoms with Crippen molar-refractivity contribution in [1.29, 1.82) is 0 Å². The van der Waals surface area contributed by atoms with Crippen LogP contribution in [0.25, 0.3) is 11.4 Å². The monoisotopic (exact) mass is 217 g/mol. The Balaban J connectivity index is 2.57. The molecule has 0 aliphatic carbocycles. The van der Waals surface area contributed by atoms with E-state index in [0.29, 0.717) is 17.1 Å². The van der Waals surface area contributed by atoms with Crippen LogP contribution in [0.4, 0.5) is 5.69 Å². The van der Waals surface area contributed by atoms with E-state index >= 15 is 0 Å². The van der Waals surface area contributed by atoms with E-state index in [1.54, 1.807) is 24.3 Å². The Morgan fingerprint density at radius 3 is 2.50 bits per heavy atom. The summed E-state index contributed by atoms with van der Waals surface area (Å²) >= 11 is 0. The van der Waals surface area contributed by atoms with Crippen molar-refractivity contribution in [3.8, 4) is 17.3 Å². The van der Waals surface area contributed by atoms with Crippen LogP contribution in [0.1, 0.15) is 5.56 Å². The fraction of sp³-hybridized carbons (Fsp3) is 0.0909. The van der Waals surface area contributed by atoms with Crippen LogP contribution in [0.15, 0.2) is 29.1 Å². The molecule has 0 aliphatic rings. The summed E-state index contributed by atoms with van der Waals surface area (Å²) in [6.07, 6.45) is 0. The number of hydrogen-bond donors (Lipinski definition) is 3. The van der Waals surface area contributed by atoms with Crippen molar-refractivity contribution in [2.75, 3.05) is 5.73 Å². The Morgan fingerprint density at radius 2 is 1.94 bits per heavy atom. The summed E-state index contributed by atoms with van der Waals surface area (Å²) in [6.45, 7) is 1.51. The highest BCUT2D eigenvalue weighted by Crippen LogP contribution is 2.18. The minimum atomic E-state index is -0.348. The van der Waals surface area contributed by atoms with Crippen LogP contribution in [0.3, 0.4) is 0 Å². The number of nitrogens with two attached hydrogens (primary N) is 1. The predicted octanol–water partition coefficient (Wildman–Crippen LogP) is 1.03. The van der Waals surface area contributed by atoms with Crippen LogP contribution in [-0.2, 0) is 0 Å². The highest BCUT2D eigenvalue weighted by Gasteiger charge is 2.07. The molecule has 0 aliphatic heterocycles. The van der Waals surface area contributed by atoms with Gasteiger partial charge >= 0.3 is 0 Å². The molecule has 0 fully saturated rings. The van der Waals surface area contributed by atoms with Crippen molar-refractivity contribution in [3.05, 3.63) is 40.2 Å². The van der Waals surface area contributed by atoms with Crippen LogP contribution in [0.2, 0.25) is 0 Å². The molecule has 5 nitrogen and oxygen atoms in total. The van der Waals surface area contributed by atoms with E-state index in [9.17, 15) is 9.90 Å². The van der Waals surface area contributed by atoms with E-state index in [0.717, 1.165) is 0 Å². The van der Waals surface area contributed by atoms with Crippen molar-refractivity contribution in [3.63, 3.8) is 0 Å². The molecule has 2 rings (SSSR count). The minimum absolute atomic E-state index is 0.208. The summed E-state index contributed by atoms with van der Waals surface area (Å²) in [5, 5.41) is 9.44. The van der Waals surface area contributed by atoms with Gasteiger partial charge in [-0.05, 0) is 31.2 Å². The number of aromatic nitrogens is 2. The average molecular weight is 217 g/mol. The van der Waals surface area contributed by atoms with Gasteiger partial charge in [0.1, 0.15) is 5.82 Å². The number of nitrogens with zero attached hydrogens (tertiary/aromatic N) is 1. The van der Waals surface area contributed by atoms with Gasteiger partial charge in [-0.15, -0.1) is 0 Å². The van der Waals surface area contributed by atoms with Crippen LogP contribution in [0, 0.1) is 6.92 Å². The van der Waals surface area contributed by atoms with E-state index in [1.165, 1.54) is 6.92 Å². The summed E-state index contributed by atoms with van der Waals surface area (Å²) < 4.78 is 0. The molecule has 0 atom stereocenters. The zero-order valence-electron chi connectivity index (χ0n) is 8.69. The number of benzene rings is 1. The van der Waals surface area contributed by atoms with E-state index in [4.69, 9.17) is 5.73 Å². The molecule has 0 saturated carbocycles. The smallest absolute Gasteiger partial charge is 0.257 e. The number of nitrogens with one attached hydrogen (secondary N) is 1. The lowest BCUT2D eigenvalue weighted by atomic mass is 10.2. The Hall–Kier alpha value is -2.30. The fourth-order valence-corrected chi connectivity index (χ4v) is 1.30. The molecule has 0 spiro atoms. The molecule has 0 radical (unpaired) electrons. The van der Waals surface area contributed by atoms with Gasteiger partial charge in [-0.1, -0.05) is 0 Å². The lowest BCUT2D eigenvalue weighted by Gasteiger charge is -2.03. The lowest BCUT2D eigenvalue weighted by molar-refractivity contribution is 0.447. The number of aromatic amines is 1. The maximum Gasteiger partial charge on any atom is 0.257 e. The quantitative estimate of drug-likeness (QED) is 0.622. The van der Waals surface area contributed by atoms with Crippen molar-refractivity contribution >= 4 is 5.69 Å². The van der Waals surface area contributed by atoms with Gasteiger partial charge in [-0.2, -0.15) is 4.98 Å². The fourth-order valence-electron chi connectivity index (χ4n) is 1.30. The normalized spacial score (nSPS) is 10.3. The van der Waals surface area contributed by atoms with Gasteiger partial charge in [0, 0.05) is 11.3 Å². The van der Waals surface area contributed by atoms with Crippen molar-refractivity contribution in [2.24, 2.45) is 0 Å². The van der Waals surface area contributed by atoms with Gasteiger partial charge in [0.15, 0.2) is 0 Å². The molecule has 2 aromatic rings. The van der Waals surface area contributed by atoms with Crippen LogP contribution in [0.5, 0.6) is 5.88 Å². The number of aromatic hydroxyl groups is 1. The first kappa shape index (κ1) is 10.2. The number of nitrogen functional groups attached to an aromatic ring is 1. The van der Waals surface area contributed by atoms with E-state index in [1.807, 2.05) is 0 Å². The standard InChI is InChI=1S/C11H11N3O2/c1-6-10(15)13-9(14-11(6)16)7-2-4-8(12)5-3-7/h2-5H,12H2,1H3,(H2,13,14,15,16). The molecular formula is C11H11N3O2. The van der Waals surface area contributed by atoms with Crippen LogP contribution >= 0.6 is 0 Å². The van der Waals surface area contributed by atoms with Gasteiger partial charge < -0.3 is 15.8 Å². The zero-order valence-corrected chi connectivity index (χ0v) is 8.69. The molecule has 5 heteroatoms. The van der Waals surface area contributed by atoms with Crippen molar-refractivity contribution in [2.45, 2.75) is 6.92 Å². The second-order valence-electron chi connectivity index (χ2n) is 3.49. The maximum absolute atomic E-state index is 11.4. The molecule has 0 amide bonds. The Kier molecular flexibility index (Phi) is 2.36. The number of rotatable bonds is 1. The topological polar surface area (TPSA) is 92.0 Å². The van der Waals surface area contributed by atoms with Gasteiger partial charge in [0.25, 0.3) is 5.56 Å². The third-order valence-electron chi connectivity index (χ3n) is 2.31. The van der Waals surface area contributed by atoms with Gasteiger partial charge in [0.2, 0.25) is 5.88 Å². The Bertz CT molecular complexity index is 573. The third kappa shape index (κ3) is 1.75. The highest BCUT2D eigenvalue weighted by atomic mass is 16.3. The van der Waals surface area contributed by atoms with E-state index < -0.39 is 0 Å². The first-order valence-electron chi connectivity index (χ1n) is 4.73. The zero-order chi connectivity index (χ0) is 11.7. The highest BCUT2D eigenvalue weighted by molar-refractivity contribution is 5.59. The molecule has 4 N–H and O–H groups in total. The second-order valence-corrected chi connectivity index (χ2v) is 3.49. The van der Waals surface area contributed by atoms with Crippen molar-refractivity contribution < 1.29 is 5.11 Å². The molecule has 1 aromatic heterocycles. The number of hydrogen-bond acceptors (Lipinski definition) is 4. The summed E-state index contributed by atoms with van der Waals surface area (Å²) in [5.74, 6) is 0.0728. The van der Waals surface area contributed by atoms with Crippen molar-refractivity contribution in [1.82, 2.24) is 9.97 Å². The van der Waals surface area contributed by atoms with Gasteiger partial charge in [0.05, 0.1) is 5.56 Å². The van der Waals surface area contributed by atoms with Gasteiger partial charge in [-0.25, -0.2) is 0 Å². The maximum atomic E-state index is 11.4. The third-order valence-corrected chi connectivity index (χ3v) is 2.31. The largest absolute Gasteiger partial charge is 0.493 e. The van der Waals surface area contributed by atoms with Crippen LogP contribution in [-0.4, -0.2) is 15.1 Å². The number of H-pyrrole nitrogens is 1. The molecule has 0 unspecified atom stereocenters. The number of anilines is 1. The van der Waals surface area contributed by atoms with E-state index in [-0.39, 0.29) is 17.0 Å². The average Bonchev–Trinajstić information content (AvgIpc) is 2.26. The SMILES string of the molecule is Cc1c(O)nc(-c2ccc(N)cc2)[nH]c1=O. The summed E-state index contributed by atoms with van der Waals surface area (Å²) in [7, 11) is 0.